The van der Waals surface area contributed by atoms with Crippen molar-refractivity contribution in [1.29, 1.82) is 0 Å². The van der Waals surface area contributed by atoms with E-state index in [1.54, 1.807) is 7.05 Å². The van der Waals surface area contributed by atoms with Crippen molar-refractivity contribution in [3.8, 4) is 11.5 Å². The molecule has 0 radical (unpaired) electrons. The van der Waals surface area contributed by atoms with Crippen LogP contribution in [0.15, 0.2) is 30.0 Å². The molecule has 0 unspecified atom stereocenters. The van der Waals surface area contributed by atoms with E-state index in [2.05, 4.69) is 59.4 Å². The Balaban J connectivity index is 2.64. The molecule has 0 atom stereocenters. The minimum Gasteiger partial charge on any atom is -0.454 e. The lowest BCUT2D eigenvalue weighted by Crippen LogP contribution is -2.45. The van der Waals surface area contributed by atoms with Gasteiger partial charge in [0.2, 0.25) is 12.7 Å². The fraction of sp³-hybridized carbons (Fsp3) is 0.565. The topological polar surface area (TPSA) is 48.0 Å². The van der Waals surface area contributed by atoms with Crippen LogP contribution in [0.1, 0.15) is 53.5 Å². The Morgan fingerprint density at radius 2 is 1.72 bits per heavy atom. The Morgan fingerprint density at radius 3 is 2.28 bits per heavy atom. The van der Waals surface area contributed by atoms with Crippen LogP contribution in [0.2, 0.25) is 16.6 Å². The third-order valence-electron chi connectivity index (χ3n) is 6.11. The van der Waals surface area contributed by atoms with Crippen molar-refractivity contribution < 1.29 is 19.1 Å². The van der Waals surface area contributed by atoms with E-state index in [0.717, 1.165) is 17.1 Å². The summed E-state index contributed by atoms with van der Waals surface area (Å²) in [5.41, 5.74) is 6.23. The summed E-state index contributed by atoms with van der Waals surface area (Å²) in [5.74, 6) is 1.45. The zero-order valence-electron chi connectivity index (χ0n) is 19.0. The number of benzene rings is 1. The van der Waals surface area contributed by atoms with Crippen LogP contribution in [0.3, 0.4) is 0 Å². The molecule has 1 aromatic rings. The number of hydrogen-bond donors (Lipinski definition) is 0. The van der Waals surface area contributed by atoms with Gasteiger partial charge in [-0.05, 0) is 45.6 Å². The maximum Gasteiger partial charge on any atom is 0.250 e. The average molecular weight is 418 g/mol. The smallest absolute Gasteiger partial charge is 0.250 e. The van der Waals surface area contributed by atoms with Crippen LogP contribution in [-0.2, 0) is 9.63 Å². The van der Waals surface area contributed by atoms with Gasteiger partial charge in [0.15, 0.2) is 11.5 Å². The highest BCUT2D eigenvalue weighted by Gasteiger charge is 2.46. The van der Waals surface area contributed by atoms with E-state index in [1.165, 1.54) is 17.4 Å². The van der Waals surface area contributed by atoms with Gasteiger partial charge < -0.3 is 9.47 Å². The maximum atomic E-state index is 12.2. The van der Waals surface area contributed by atoms with Crippen LogP contribution in [0.25, 0.3) is 5.20 Å². The first-order valence-corrected chi connectivity index (χ1v) is 12.6. The van der Waals surface area contributed by atoms with Crippen LogP contribution >= 0.6 is 0 Å². The van der Waals surface area contributed by atoms with Crippen LogP contribution in [0.4, 0.5) is 0 Å². The zero-order valence-corrected chi connectivity index (χ0v) is 20.0. The van der Waals surface area contributed by atoms with Gasteiger partial charge in [0, 0.05) is 7.05 Å². The van der Waals surface area contributed by atoms with Gasteiger partial charge in [-0.3, -0.25) is 9.63 Å². The van der Waals surface area contributed by atoms with E-state index in [4.69, 9.17) is 14.3 Å². The fourth-order valence-electron chi connectivity index (χ4n) is 4.85. The number of rotatable bonds is 8. The van der Waals surface area contributed by atoms with Crippen molar-refractivity contribution in [3.05, 3.63) is 35.6 Å². The van der Waals surface area contributed by atoms with E-state index >= 15 is 0 Å². The summed E-state index contributed by atoms with van der Waals surface area (Å²) in [4.78, 5) is 17.2. The van der Waals surface area contributed by atoms with Gasteiger partial charge in [0.1, 0.15) is 8.07 Å². The number of nitrogens with zero attached hydrogens (tertiary/aromatic N) is 1. The highest BCUT2D eigenvalue weighted by atomic mass is 28.3. The van der Waals surface area contributed by atoms with Crippen molar-refractivity contribution >= 4 is 19.2 Å². The molecular formula is C23H35NO4Si. The minimum atomic E-state index is -2.02. The summed E-state index contributed by atoms with van der Waals surface area (Å²) >= 11 is 0. The van der Waals surface area contributed by atoms with Gasteiger partial charge in [0.05, 0.1) is 13.5 Å². The molecule has 0 spiro atoms. The molecule has 6 heteroatoms. The molecule has 0 aromatic heterocycles. The van der Waals surface area contributed by atoms with Gasteiger partial charge in [0.25, 0.3) is 0 Å². The Hall–Kier alpha value is -2.01. The van der Waals surface area contributed by atoms with Crippen LogP contribution < -0.4 is 9.47 Å². The molecule has 160 valence electrons. The van der Waals surface area contributed by atoms with E-state index < -0.39 is 8.07 Å². The molecule has 0 fully saturated rings. The van der Waals surface area contributed by atoms with E-state index in [-0.39, 0.29) is 19.1 Å². The molecule has 0 saturated carbocycles. The summed E-state index contributed by atoms with van der Waals surface area (Å²) in [6, 6.07) is 6.14. The lowest BCUT2D eigenvalue weighted by Gasteiger charge is -2.44. The van der Waals surface area contributed by atoms with E-state index in [0.29, 0.717) is 16.6 Å². The number of ether oxygens (including phenoxy) is 2. The van der Waals surface area contributed by atoms with Gasteiger partial charge >= 0.3 is 0 Å². The predicted octanol–water partition coefficient (Wildman–Crippen LogP) is 5.58. The molecule has 1 aromatic carbocycles. The van der Waals surface area contributed by atoms with Crippen molar-refractivity contribution in [3.63, 3.8) is 0 Å². The van der Waals surface area contributed by atoms with Crippen LogP contribution in [0, 0.1) is 0 Å². The van der Waals surface area contributed by atoms with Crippen molar-refractivity contribution in [2.45, 2.75) is 64.6 Å². The number of hydrogen-bond acceptors (Lipinski definition) is 4. The SMILES string of the molecule is CON(C)C(=O)CC=C=C(c1ccc2c(c1)OCO2)[Si](C(C)C)(C(C)C)C(C)C. The van der Waals surface area contributed by atoms with Gasteiger partial charge in [-0.2, -0.15) is 0 Å². The number of amides is 1. The minimum absolute atomic E-state index is 0.101. The Labute approximate surface area is 176 Å². The summed E-state index contributed by atoms with van der Waals surface area (Å²) in [6.07, 6.45) is 2.10. The molecule has 1 heterocycles. The van der Waals surface area contributed by atoms with Crippen molar-refractivity contribution in [2.75, 3.05) is 21.0 Å². The summed E-state index contributed by atoms with van der Waals surface area (Å²) < 4.78 is 11.1. The molecule has 5 nitrogen and oxygen atoms in total. The molecule has 0 aliphatic carbocycles. The Kier molecular flexibility index (Phi) is 7.75. The Bertz CT molecular complexity index is 772. The highest BCUT2D eigenvalue weighted by molar-refractivity contribution is 6.99. The molecule has 1 amide bonds. The van der Waals surface area contributed by atoms with Crippen LogP contribution in [0.5, 0.6) is 11.5 Å². The molecule has 0 saturated heterocycles. The number of carbonyl (C=O) groups excluding carboxylic acids is 1. The predicted molar refractivity (Wildman–Crippen MR) is 119 cm³/mol. The largest absolute Gasteiger partial charge is 0.454 e. The Morgan fingerprint density at radius 1 is 1.14 bits per heavy atom. The first-order valence-electron chi connectivity index (χ1n) is 10.3. The lowest BCUT2D eigenvalue weighted by molar-refractivity contribution is -0.167. The summed E-state index contributed by atoms with van der Waals surface area (Å²) in [7, 11) is 1.09. The maximum absolute atomic E-state index is 12.2. The van der Waals surface area contributed by atoms with Gasteiger partial charge in [-0.25, -0.2) is 5.06 Å². The van der Waals surface area contributed by atoms with Gasteiger partial charge in [-0.15, -0.1) is 5.73 Å². The second-order valence-electron chi connectivity index (χ2n) is 8.47. The molecule has 29 heavy (non-hydrogen) atoms. The molecule has 0 N–H and O–H groups in total. The summed E-state index contributed by atoms with van der Waals surface area (Å²) in [6.45, 7) is 14.2. The van der Waals surface area contributed by atoms with E-state index in [9.17, 15) is 4.79 Å². The fourth-order valence-corrected chi connectivity index (χ4v) is 11.6. The standard InChI is InChI=1S/C23H35NO4Si/c1-16(2)29(17(3)4,18(5)6)22(10-9-11-23(25)24(7)26-8)19-12-13-20-21(14-19)28-15-27-20/h9,12-14,16-18H,11,15H2,1-8H3. The normalized spacial score (nSPS) is 13.1. The summed E-state index contributed by atoms with van der Waals surface area (Å²) in [5, 5.41) is 2.49. The number of carbonyl (C=O) groups is 1. The average Bonchev–Trinajstić information content (AvgIpc) is 3.13. The first-order chi connectivity index (χ1) is 13.7. The number of fused-ring (bicyclic) bond motifs is 1. The highest BCUT2D eigenvalue weighted by Crippen LogP contribution is 2.50. The van der Waals surface area contributed by atoms with Crippen LogP contribution in [-0.4, -0.2) is 40.0 Å². The monoisotopic (exact) mass is 417 g/mol. The molecule has 1 aliphatic heterocycles. The van der Waals surface area contributed by atoms with Gasteiger partial charge in [-0.1, -0.05) is 47.6 Å². The molecule has 1 aliphatic rings. The first kappa shape index (κ1) is 23.3. The molecule has 2 rings (SSSR count). The second-order valence-corrected chi connectivity index (χ2v) is 14.3. The lowest BCUT2D eigenvalue weighted by atomic mass is 10.2. The van der Waals surface area contributed by atoms with Crippen molar-refractivity contribution in [1.82, 2.24) is 5.06 Å². The molecule has 0 bridgehead atoms. The molecular weight excluding hydrogens is 382 g/mol. The quantitative estimate of drug-likeness (QED) is 0.315. The third-order valence-corrected chi connectivity index (χ3v) is 13.1. The zero-order chi connectivity index (χ0) is 21.8. The van der Waals surface area contributed by atoms with E-state index in [1.807, 2.05) is 12.1 Å². The van der Waals surface area contributed by atoms with Crippen molar-refractivity contribution in [2.24, 2.45) is 0 Å². The number of hydroxylamine groups is 2. The third kappa shape index (κ3) is 4.60. The second kappa shape index (κ2) is 9.66.